The number of fused-ring (bicyclic) bond motifs is 1. The van der Waals surface area contributed by atoms with Crippen molar-refractivity contribution in [2.24, 2.45) is 0 Å². The first-order chi connectivity index (χ1) is 11.3. The van der Waals surface area contributed by atoms with Crippen molar-refractivity contribution in [3.63, 3.8) is 0 Å². The average molecular weight is 320 g/mol. The molecule has 0 aromatic heterocycles. The lowest BCUT2D eigenvalue weighted by Crippen LogP contribution is -2.35. The number of Topliss-reactive ketones (excluding diaryl/α,β-unsaturated/α-hetero) is 1. The molecule has 3 rings (SSSR count). The molecule has 1 heterocycles. The van der Waals surface area contributed by atoms with Crippen molar-refractivity contribution in [2.45, 2.75) is 25.9 Å². The van der Waals surface area contributed by atoms with Gasteiger partial charge in [-0.15, -0.1) is 0 Å². The minimum absolute atomic E-state index is 0.0516. The summed E-state index contributed by atoms with van der Waals surface area (Å²) >= 11 is 0. The molecule has 0 saturated carbocycles. The molecule has 0 fully saturated rings. The normalized spacial score (nSPS) is 14.8. The Hall–Kier alpha value is -3.06. The molecule has 0 bridgehead atoms. The summed E-state index contributed by atoms with van der Waals surface area (Å²) in [6.45, 7) is 3.78. The Morgan fingerprint density at radius 1 is 1.08 bits per heavy atom. The molecule has 24 heavy (non-hydrogen) atoms. The van der Waals surface area contributed by atoms with Crippen LogP contribution in [-0.4, -0.2) is 22.5 Å². The van der Waals surface area contributed by atoms with Crippen LogP contribution in [0.1, 0.15) is 52.1 Å². The van der Waals surface area contributed by atoms with Crippen molar-refractivity contribution in [1.29, 1.82) is 0 Å². The molecule has 0 saturated heterocycles. The van der Waals surface area contributed by atoms with Crippen molar-refractivity contribution in [2.75, 3.05) is 0 Å². The molecule has 0 atom stereocenters. The van der Waals surface area contributed by atoms with Gasteiger partial charge in [-0.3, -0.25) is 4.79 Å². The molecule has 0 spiro atoms. The molecule has 120 valence electrons. The summed E-state index contributed by atoms with van der Waals surface area (Å²) in [7, 11) is 0. The van der Waals surface area contributed by atoms with Gasteiger partial charge in [-0.2, -0.15) is 0 Å². The molecule has 2 aromatic rings. The van der Waals surface area contributed by atoms with Crippen LogP contribution in [-0.2, 0) is 0 Å². The highest BCUT2D eigenvalue weighted by Crippen LogP contribution is 2.33. The predicted octanol–water partition coefficient (Wildman–Crippen LogP) is 3.53. The Balaban J connectivity index is 1.86. The number of hydrogen-bond donors (Lipinski definition) is 1. The lowest BCUT2D eigenvalue weighted by Gasteiger charge is -2.31. The van der Waals surface area contributed by atoms with Gasteiger partial charge in [0, 0.05) is 11.1 Å². The van der Waals surface area contributed by atoms with E-state index in [0.29, 0.717) is 28.9 Å². The van der Waals surface area contributed by atoms with Crippen LogP contribution in [0.5, 0.6) is 5.75 Å². The zero-order valence-electron chi connectivity index (χ0n) is 13.4. The van der Waals surface area contributed by atoms with E-state index in [1.54, 1.807) is 24.3 Å². The summed E-state index contributed by atoms with van der Waals surface area (Å²) in [6, 6.07) is 11.7. The summed E-state index contributed by atoms with van der Waals surface area (Å²) in [5, 5.41) is 8.88. The molecular weight excluding hydrogens is 304 g/mol. The van der Waals surface area contributed by atoms with Gasteiger partial charge in [0.2, 0.25) is 0 Å². The smallest absolute Gasteiger partial charge is 0.335 e. The molecular formula is C20H16O4. The Morgan fingerprint density at radius 2 is 1.71 bits per heavy atom. The van der Waals surface area contributed by atoms with Gasteiger partial charge in [-0.1, -0.05) is 11.8 Å². The lowest BCUT2D eigenvalue weighted by atomic mass is 9.92. The number of carbonyl (C=O) groups excluding carboxylic acids is 1. The highest BCUT2D eigenvalue weighted by Gasteiger charge is 2.32. The molecule has 1 N–H and O–H groups in total. The van der Waals surface area contributed by atoms with Crippen LogP contribution < -0.4 is 4.74 Å². The van der Waals surface area contributed by atoms with Crippen LogP contribution in [0, 0.1) is 11.8 Å². The maximum absolute atomic E-state index is 12.2. The predicted molar refractivity (Wildman–Crippen MR) is 89.5 cm³/mol. The van der Waals surface area contributed by atoms with E-state index in [4.69, 9.17) is 9.84 Å². The first-order valence-corrected chi connectivity index (χ1v) is 7.56. The highest BCUT2D eigenvalue weighted by atomic mass is 16.5. The number of aromatic carboxylic acids is 1. The molecule has 0 unspecified atom stereocenters. The molecule has 4 heteroatoms. The number of hydrogen-bond acceptors (Lipinski definition) is 3. The topological polar surface area (TPSA) is 63.6 Å². The van der Waals surface area contributed by atoms with E-state index >= 15 is 0 Å². The number of carbonyl (C=O) groups is 2. The molecule has 1 aliphatic rings. The summed E-state index contributed by atoms with van der Waals surface area (Å²) in [4.78, 5) is 23.1. The first kappa shape index (κ1) is 15.8. The fraction of sp³-hybridized carbons (Fsp3) is 0.200. The van der Waals surface area contributed by atoms with Crippen LogP contribution in [0.4, 0.5) is 0 Å². The molecule has 4 nitrogen and oxygen atoms in total. The van der Waals surface area contributed by atoms with Crippen LogP contribution in [0.15, 0.2) is 42.5 Å². The number of ketones is 1. The Bertz CT molecular complexity index is 880. The van der Waals surface area contributed by atoms with Crippen molar-refractivity contribution >= 4 is 11.8 Å². The number of carboxylic acids is 1. The number of rotatable bonds is 1. The van der Waals surface area contributed by atoms with Gasteiger partial charge in [0.1, 0.15) is 11.4 Å². The summed E-state index contributed by atoms with van der Waals surface area (Å²) < 4.78 is 5.82. The number of benzene rings is 2. The van der Waals surface area contributed by atoms with Crippen LogP contribution in [0.3, 0.4) is 0 Å². The third-order valence-corrected chi connectivity index (χ3v) is 3.74. The van der Waals surface area contributed by atoms with Gasteiger partial charge in [-0.05, 0) is 56.3 Å². The lowest BCUT2D eigenvalue weighted by molar-refractivity contribution is 0.0618. The van der Waals surface area contributed by atoms with Gasteiger partial charge in [-0.25, -0.2) is 4.79 Å². The molecule has 0 aliphatic carbocycles. The summed E-state index contributed by atoms with van der Waals surface area (Å²) in [6.07, 6.45) is 0.341. The van der Waals surface area contributed by atoms with E-state index < -0.39 is 11.6 Å². The zero-order valence-corrected chi connectivity index (χ0v) is 13.4. The fourth-order valence-electron chi connectivity index (χ4n) is 2.57. The second-order valence-electron chi connectivity index (χ2n) is 6.31. The van der Waals surface area contributed by atoms with E-state index in [-0.39, 0.29) is 11.3 Å². The monoisotopic (exact) mass is 320 g/mol. The SMILES string of the molecule is CC1(C)CC(=O)c2cc(C#Cc3ccc(C(=O)O)cc3)ccc2O1. The molecule has 0 radical (unpaired) electrons. The Kier molecular flexibility index (Phi) is 3.86. The maximum atomic E-state index is 12.2. The first-order valence-electron chi connectivity index (χ1n) is 7.56. The van der Waals surface area contributed by atoms with Crippen LogP contribution >= 0.6 is 0 Å². The van der Waals surface area contributed by atoms with Gasteiger partial charge in [0.15, 0.2) is 5.78 Å². The van der Waals surface area contributed by atoms with Crippen LogP contribution in [0.2, 0.25) is 0 Å². The highest BCUT2D eigenvalue weighted by molar-refractivity contribution is 6.00. The van der Waals surface area contributed by atoms with Gasteiger partial charge in [0.05, 0.1) is 17.5 Å². The van der Waals surface area contributed by atoms with Gasteiger partial charge < -0.3 is 9.84 Å². The minimum atomic E-state index is -0.967. The van der Waals surface area contributed by atoms with Crippen LogP contribution in [0.25, 0.3) is 0 Å². The third-order valence-electron chi connectivity index (χ3n) is 3.74. The third kappa shape index (κ3) is 3.31. The Labute approximate surface area is 140 Å². The van der Waals surface area contributed by atoms with E-state index in [2.05, 4.69) is 11.8 Å². The molecule has 0 amide bonds. The van der Waals surface area contributed by atoms with Crippen molar-refractivity contribution in [3.05, 3.63) is 64.7 Å². The van der Waals surface area contributed by atoms with E-state index in [1.807, 2.05) is 19.9 Å². The summed E-state index contributed by atoms with van der Waals surface area (Å²) in [5.41, 5.74) is 1.72. The largest absolute Gasteiger partial charge is 0.487 e. The van der Waals surface area contributed by atoms with Crippen molar-refractivity contribution in [1.82, 2.24) is 0 Å². The second-order valence-corrected chi connectivity index (χ2v) is 6.31. The maximum Gasteiger partial charge on any atom is 0.335 e. The second kappa shape index (κ2) is 5.86. The van der Waals surface area contributed by atoms with Gasteiger partial charge >= 0.3 is 5.97 Å². The molecule has 1 aliphatic heterocycles. The standard InChI is InChI=1S/C20H16O4/c1-20(2)12-17(21)16-11-14(7-10-18(16)24-20)4-3-13-5-8-15(9-6-13)19(22)23/h5-11H,12H2,1-2H3,(H,22,23). The number of ether oxygens (including phenoxy) is 1. The van der Waals surface area contributed by atoms with E-state index in [0.717, 1.165) is 0 Å². The summed E-state index contributed by atoms with van der Waals surface area (Å²) in [5.74, 6) is 5.64. The zero-order chi connectivity index (χ0) is 17.3. The van der Waals surface area contributed by atoms with E-state index in [1.165, 1.54) is 12.1 Å². The average Bonchev–Trinajstić information content (AvgIpc) is 2.52. The number of carboxylic acid groups (broad SMARTS) is 1. The molecule has 2 aromatic carbocycles. The van der Waals surface area contributed by atoms with Crippen molar-refractivity contribution in [3.8, 4) is 17.6 Å². The fourth-order valence-corrected chi connectivity index (χ4v) is 2.57. The van der Waals surface area contributed by atoms with Crippen molar-refractivity contribution < 1.29 is 19.4 Å². The van der Waals surface area contributed by atoms with E-state index in [9.17, 15) is 9.59 Å². The quantitative estimate of drug-likeness (QED) is 0.817. The Morgan fingerprint density at radius 3 is 2.38 bits per heavy atom. The minimum Gasteiger partial charge on any atom is -0.487 e. The van der Waals surface area contributed by atoms with Gasteiger partial charge in [0.25, 0.3) is 0 Å².